The van der Waals surface area contributed by atoms with E-state index in [9.17, 15) is 0 Å². The maximum absolute atomic E-state index is 3.11. The predicted octanol–water partition coefficient (Wildman–Crippen LogP) is 2.98. The lowest BCUT2D eigenvalue weighted by Gasteiger charge is -2.18. The SMILES string of the molecule is CC(C)(C)CC1=CNC=CC=C1. The Balaban J connectivity index is 2.59. The normalized spacial score (nSPS) is 16.8. The van der Waals surface area contributed by atoms with Crippen molar-refractivity contribution >= 4 is 0 Å². The first-order valence-corrected chi connectivity index (χ1v) is 4.36. The third-order valence-corrected chi connectivity index (χ3v) is 1.62. The first kappa shape index (κ1) is 9.11. The number of nitrogens with one attached hydrogen (secondary N) is 1. The van der Waals surface area contributed by atoms with Gasteiger partial charge in [0.15, 0.2) is 0 Å². The van der Waals surface area contributed by atoms with Gasteiger partial charge in [-0.2, -0.15) is 0 Å². The summed E-state index contributed by atoms with van der Waals surface area (Å²) in [7, 11) is 0. The lowest BCUT2D eigenvalue weighted by atomic mass is 9.88. The van der Waals surface area contributed by atoms with E-state index < -0.39 is 0 Å². The van der Waals surface area contributed by atoms with Crippen molar-refractivity contribution in [2.45, 2.75) is 27.2 Å². The molecule has 0 bridgehead atoms. The fourth-order valence-electron chi connectivity index (χ4n) is 1.22. The van der Waals surface area contributed by atoms with Gasteiger partial charge < -0.3 is 5.32 Å². The molecule has 0 aromatic heterocycles. The van der Waals surface area contributed by atoms with E-state index in [0.717, 1.165) is 6.42 Å². The van der Waals surface area contributed by atoms with Crippen LogP contribution in [0.4, 0.5) is 0 Å². The Morgan fingerprint density at radius 2 is 2.00 bits per heavy atom. The molecule has 1 heterocycles. The maximum atomic E-state index is 3.11. The van der Waals surface area contributed by atoms with Crippen LogP contribution in [0.3, 0.4) is 0 Å². The van der Waals surface area contributed by atoms with Crippen LogP contribution in [-0.4, -0.2) is 0 Å². The molecule has 0 saturated carbocycles. The molecule has 0 aromatic rings. The quantitative estimate of drug-likeness (QED) is 0.626. The average Bonchev–Trinajstić information content (AvgIpc) is 2.12. The summed E-state index contributed by atoms with van der Waals surface area (Å²) in [5.74, 6) is 0. The van der Waals surface area contributed by atoms with E-state index in [-0.39, 0.29) is 0 Å². The largest absolute Gasteiger partial charge is 0.367 e. The van der Waals surface area contributed by atoms with Crippen molar-refractivity contribution in [1.29, 1.82) is 0 Å². The van der Waals surface area contributed by atoms with E-state index in [1.807, 2.05) is 12.3 Å². The Bertz CT molecular complexity index is 226. The van der Waals surface area contributed by atoms with Crippen molar-refractivity contribution in [2.75, 3.05) is 0 Å². The third kappa shape index (κ3) is 3.42. The highest BCUT2D eigenvalue weighted by Gasteiger charge is 2.11. The number of hydrogen-bond acceptors (Lipinski definition) is 1. The molecule has 0 unspecified atom stereocenters. The summed E-state index contributed by atoms with van der Waals surface area (Å²) in [6.45, 7) is 6.75. The highest BCUT2D eigenvalue weighted by atomic mass is 14.8. The zero-order valence-corrected chi connectivity index (χ0v) is 8.09. The Morgan fingerprint density at radius 1 is 1.25 bits per heavy atom. The summed E-state index contributed by atoms with van der Waals surface area (Å²) < 4.78 is 0. The van der Waals surface area contributed by atoms with Crippen molar-refractivity contribution in [3.8, 4) is 0 Å². The molecular formula is C11H17N. The minimum Gasteiger partial charge on any atom is -0.367 e. The Hall–Kier alpha value is -0.980. The zero-order chi connectivity index (χ0) is 9.03. The average molecular weight is 163 g/mol. The van der Waals surface area contributed by atoms with E-state index >= 15 is 0 Å². The fourth-order valence-corrected chi connectivity index (χ4v) is 1.22. The second-order valence-corrected chi connectivity index (χ2v) is 4.34. The van der Waals surface area contributed by atoms with E-state index in [1.54, 1.807) is 0 Å². The van der Waals surface area contributed by atoms with Gasteiger partial charge in [-0.05, 0) is 23.5 Å². The number of rotatable bonds is 1. The van der Waals surface area contributed by atoms with Crippen LogP contribution in [0.2, 0.25) is 0 Å². The molecule has 66 valence electrons. The second-order valence-electron chi connectivity index (χ2n) is 4.34. The predicted molar refractivity (Wildman–Crippen MR) is 53.6 cm³/mol. The van der Waals surface area contributed by atoms with Gasteiger partial charge in [-0.3, -0.25) is 0 Å². The molecule has 1 aliphatic heterocycles. The van der Waals surface area contributed by atoms with Gasteiger partial charge in [-0.1, -0.05) is 32.9 Å². The van der Waals surface area contributed by atoms with E-state index in [1.165, 1.54) is 5.57 Å². The van der Waals surface area contributed by atoms with Crippen LogP contribution < -0.4 is 5.32 Å². The number of hydrogen-bond donors (Lipinski definition) is 1. The van der Waals surface area contributed by atoms with E-state index in [4.69, 9.17) is 0 Å². The summed E-state index contributed by atoms with van der Waals surface area (Å²) in [5.41, 5.74) is 1.72. The third-order valence-electron chi connectivity index (χ3n) is 1.62. The van der Waals surface area contributed by atoms with Gasteiger partial charge in [0.05, 0.1) is 0 Å². The standard InChI is InChI=1S/C11H17N/c1-11(2,3)8-10-6-4-5-7-12-9-10/h4-7,9,12H,8H2,1-3H3. The number of allylic oxidation sites excluding steroid dienone is 4. The Kier molecular flexibility index (Phi) is 2.74. The lowest BCUT2D eigenvalue weighted by molar-refractivity contribution is 0.412. The van der Waals surface area contributed by atoms with Crippen molar-refractivity contribution in [2.24, 2.45) is 5.41 Å². The van der Waals surface area contributed by atoms with Crippen LogP contribution in [0.5, 0.6) is 0 Å². The Morgan fingerprint density at radius 3 is 2.67 bits per heavy atom. The zero-order valence-electron chi connectivity index (χ0n) is 8.09. The molecule has 1 N–H and O–H groups in total. The highest BCUT2D eigenvalue weighted by Crippen LogP contribution is 2.24. The van der Waals surface area contributed by atoms with Gasteiger partial charge >= 0.3 is 0 Å². The van der Waals surface area contributed by atoms with Crippen LogP contribution in [0.25, 0.3) is 0 Å². The van der Waals surface area contributed by atoms with Gasteiger partial charge in [0.1, 0.15) is 0 Å². The molecule has 0 saturated heterocycles. The summed E-state index contributed by atoms with van der Waals surface area (Å²) in [6, 6.07) is 0. The van der Waals surface area contributed by atoms with Crippen molar-refractivity contribution in [3.05, 3.63) is 36.2 Å². The first-order valence-electron chi connectivity index (χ1n) is 4.36. The molecule has 1 nitrogen and oxygen atoms in total. The minimum absolute atomic E-state index is 0.363. The van der Waals surface area contributed by atoms with Gasteiger partial charge in [-0.15, -0.1) is 0 Å². The maximum Gasteiger partial charge on any atom is 0.00370 e. The van der Waals surface area contributed by atoms with Gasteiger partial charge in [0.25, 0.3) is 0 Å². The topological polar surface area (TPSA) is 12.0 Å². The summed E-state index contributed by atoms with van der Waals surface area (Å²) in [4.78, 5) is 0. The minimum atomic E-state index is 0.363. The molecule has 0 aliphatic carbocycles. The summed E-state index contributed by atoms with van der Waals surface area (Å²) in [6.07, 6.45) is 11.3. The molecule has 0 fully saturated rings. The fraction of sp³-hybridized carbons (Fsp3) is 0.455. The summed E-state index contributed by atoms with van der Waals surface area (Å²) in [5, 5.41) is 3.11. The van der Waals surface area contributed by atoms with Crippen LogP contribution >= 0.6 is 0 Å². The molecule has 12 heavy (non-hydrogen) atoms. The second kappa shape index (κ2) is 3.61. The van der Waals surface area contributed by atoms with Crippen molar-refractivity contribution < 1.29 is 0 Å². The summed E-state index contributed by atoms with van der Waals surface area (Å²) >= 11 is 0. The smallest absolute Gasteiger partial charge is 0.00370 e. The van der Waals surface area contributed by atoms with Crippen LogP contribution in [-0.2, 0) is 0 Å². The van der Waals surface area contributed by atoms with Crippen molar-refractivity contribution in [3.63, 3.8) is 0 Å². The highest BCUT2D eigenvalue weighted by molar-refractivity contribution is 5.25. The molecule has 0 atom stereocenters. The molecule has 1 rings (SSSR count). The van der Waals surface area contributed by atoms with Crippen LogP contribution in [0.1, 0.15) is 27.2 Å². The van der Waals surface area contributed by atoms with E-state index in [2.05, 4.69) is 44.4 Å². The Labute approximate surface area is 74.9 Å². The van der Waals surface area contributed by atoms with Crippen molar-refractivity contribution in [1.82, 2.24) is 5.32 Å². The molecular weight excluding hydrogens is 146 g/mol. The van der Waals surface area contributed by atoms with Crippen LogP contribution in [0.15, 0.2) is 36.2 Å². The van der Waals surface area contributed by atoms with E-state index in [0.29, 0.717) is 5.41 Å². The monoisotopic (exact) mass is 163 g/mol. The lowest BCUT2D eigenvalue weighted by Crippen LogP contribution is -2.06. The van der Waals surface area contributed by atoms with Crippen LogP contribution in [0, 0.1) is 5.41 Å². The molecule has 0 aromatic carbocycles. The molecule has 1 heteroatoms. The molecule has 0 spiro atoms. The molecule has 0 amide bonds. The molecule has 0 radical (unpaired) electrons. The van der Waals surface area contributed by atoms with Gasteiger partial charge in [0.2, 0.25) is 0 Å². The van der Waals surface area contributed by atoms with Gasteiger partial charge in [-0.25, -0.2) is 0 Å². The first-order chi connectivity index (χ1) is 5.58. The van der Waals surface area contributed by atoms with Gasteiger partial charge in [0, 0.05) is 12.4 Å². The molecule has 1 aliphatic rings.